The van der Waals surface area contributed by atoms with E-state index in [2.05, 4.69) is 0 Å². The minimum atomic E-state index is 0.705. The summed E-state index contributed by atoms with van der Waals surface area (Å²) >= 11 is 0. The highest BCUT2D eigenvalue weighted by atomic mass is 14.5. The van der Waals surface area contributed by atoms with Crippen molar-refractivity contribution in [3.8, 4) is 0 Å². The van der Waals surface area contributed by atoms with Crippen LogP contribution >= 0.6 is 0 Å². The second-order valence-corrected chi connectivity index (χ2v) is 1.67. The van der Waals surface area contributed by atoms with Gasteiger partial charge in [-0.15, -0.1) is 0 Å². The van der Waals surface area contributed by atoms with Gasteiger partial charge >= 0.3 is 0 Å². The van der Waals surface area contributed by atoms with Crippen LogP contribution in [0.3, 0.4) is 0 Å². The van der Waals surface area contributed by atoms with Gasteiger partial charge in [-0.1, -0.05) is 0 Å². The average Bonchev–Trinajstić information content (AvgIpc) is 1.61. The molecule has 42 valence electrons. The van der Waals surface area contributed by atoms with Crippen LogP contribution in [0.1, 0.15) is 19.8 Å². The fraction of sp³-hybridized carbons (Fsp3) is 0.800. The molecule has 3 N–H and O–H groups in total. The molecule has 2 heteroatoms. The van der Waals surface area contributed by atoms with E-state index in [1.807, 2.05) is 0 Å². The maximum absolute atomic E-state index is 6.94. The molecule has 7 heavy (non-hydrogen) atoms. The number of nitrogens with one attached hydrogen (secondary N) is 1. The minimum absolute atomic E-state index is 0.705. The minimum Gasteiger partial charge on any atom is -0.330 e. The van der Waals surface area contributed by atoms with Crippen molar-refractivity contribution >= 4 is 5.71 Å². The van der Waals surface area contributed by atoms with Gasteiger partial charge < -0.3 is 11.1 Å². The monoisotopic (exact) mass is 100 g/mol. The molecule has 0 saturated carbocycles. The van der Waals surface area contributed by atoms with Crippen molar-refractivity contribution < 1.29 is 0 Å². The molecule has 0 aliphatic carbocycles. The molecule has 0 aromatic carbocycles. The Morgan fingerprint density at radius 1 is 1.71 bits per heavy atom. The number of hydrogen-bond donors (Lipinski definition) is 2. The number of rotatable bonds is 3. The summed E-state index contributed by atoms with van der Waals surface area (Å²) in [6.07, 6.45) is 1.81. The van der Waals surface area contributed by atoms with E-state index in [1.165, 1.54) is 0 Å². The molecule has 0 radical (unpaired) electrons. The fourth-order valence-corrected chi connectivity index (χ4v) is 0.367. The smallest absolute Gasteiger partial charge is 0.00587 e. The number of nitrogens with two attached hydrogens (primary N) is 1. The lowest BCUT2D eigenvalue weighted by molar-refractivity contribution is 0.872. The van der Waals surface area contributed by atoms with Crippen LogP contribution in [0.2, 0.25) is 0 Å². The lowest BCUT2D eigenvalue weighted by Gasteiger charge is -1.90. The van der Waals surface area contributed by atoms with Gasteiger partial charge in [0.05, 0.1) is 0 Å². The first-order chi connectivity index (χ1) is 3.27. The Balaban J connectivity index is 2.82. The third-order valence-electron chi connectivity index (χ3n) is 0.756. The Morgan fingerprint density at radius 3 is 2.43 bits per heavy atom. The van der Waals surface area contributed by atoms with E-state index in [0.717, 1.165) is 18.6 Å². The van der Waals surface area contributed by atoms with Crippen molar-refractivity contribution in [2.45, 2.75) is 19.8 Å². The van der Waals surface area contributed by atoms with E-state index in [4.69, 9.17) is 11.1 Å². The summed E-state index contributed by atoms with van der Waals surface area (Å²) < 4.78 is 0. The molecule has 0 spiro atoms. The van der Waals surface area contributed by atoms with Crippen LogP contribution in [0.15, 0.2) is 0 Å². The molecular weight excluding hydrogens is 88.1 g/mol. The first kappa shape index (κ1) is 6.63. The Labute approximate surface area is 44.2 Å². The molecule has 0 fully saturated rings. The molecular formula is C5H12N2. The zero-order chi connectivity index (χ0) is 5.70. The van der Waals surface area contributed by atoms with Crippen LogP contribution < -0.4 is 5.73 Å². The van der Waals surface area contributed by atoms with Gasteiger partial charge in [-0.25, -0.2) is 0 Å². The van der Waals surface area contributed by atoms with Crippen molar-refractivity contribution in [2.75, 3.05) is 6.54 Å². The van der Waals surface area contributed by atoms with Crippen molar-refractivity contribution in [1.29, 1.82) is 5.41 Å². The summed E-state index contributed by atoms with van der Waals surface area (Å²) in [7, 11) is 0. The SMILES string of the molecule is CC(=N)CCCN. The van der Waals surface area contributed by atoms with E-state index < -0.39 is 0 Å². The Bertz CT molecular complexity index is 59.1. The van der Waals surface area contributed by atoms with Crippen molar-refractivity contribution in [1.82, 2.24) is 0 Å². The molecule has 0 aliphatic heterocycles. The first-order valence-corrected chi connectivity index (χ1v) is 2.51. The van der Waals surface area contributed by atoms with Gasteiger partial charge in [-0.3, -0.25) is 0 Å². The van der Waals surface area contributed by atoms with Gasteiger partial charge in [0.15, 0.2) is 0 Å². The van der Waals surface area contributed by atoms with Crippen molar-refractivity contribution in [2.24, 2.45) is 5.73 Å². The normalized spacial score (nSPS) is 8.86. The lowest BCUT2D eigenvalue weighted by Crippen LogP contribution is -2.00. The van der Waals surface area contributed by atoms with Crippen LogP contribution in [0.4, 0.5) is 0 Å². The van der Waals surface area contributed by atoms with E-state index in [1.54, 1.807) is 6.92 Å². The maximum Gasteiger partial charge on any atom is 0.00587 e. The zero-order valence-corrected chi connectivity index (χ0v) is 4.70. The van der Waals surface area contributed by atoms with Gasteiger partial charge in [0, 0.05) is 5.71 Å². The third kappa shape index (κ3) is 5.63. The van der Waals surface area contributed by atoms with Crippen LogP contribution in [0.5, 0.6) is 0 Å². The first-order valence-electron chi connectivity index (χ1n) is 2.51. The molecule has 0 heterocycles. The highest BCUT2D eigenvalue weighted by Gasteiger charge is 1.83. The van der Waals surface area contributed by atoms with Gasteiger partial charge in [0.2, 0.25) is 0 Å². The second kappa shape index (κ2) is 3.81. The summed E-state index contributed by atoms with van der Waals surface area (Å²) in [5, 5.41) is 6.94. The Hall–Kier alpha value is -0.370. The summed E-state index contributed by atoms with van der Waals surface area (Å²) in [6, 6.07) is 0. The van der Waals surface area contributed by atoms with Crippen molar-refractivity contribution in [3.63, 3.8) is 0 Å². The molecule has 0 saturated heterocycles. The molecule has 0 aliphatic rings. The summed E-state index contributed by atoms with van der Waals surface area (Å²) in [6.45, 7) is 2.51. The fourth-order valence-electron chi connectivity index (χ4n) is 0.367. The Kier molecular flexibility index (Phi) is 3.61. The molecule has 0 aromatic heterocycles. The molecule has 0 amide bonds. The highest BCUT2D eigenvalue weighted by Crippen LogP contribution is 1.85. The third-order valence-corrected chi connectivity index (χ3v) is 0.756. The van der Waals surface area contributed by atoms with Crippen LogP contribution in [-0.4, -0.2) is 12.3 Å². The Morgan fingerprint density at radius 2 is 2.29 bits per heavy atom. The summed E-state index contributed by atoms with van der Waals surface area (Å²) in [5.74, 6) is 0. The zero-order valence-electron chi connectivity index (χ0n) is 4.70. The average molecular weight is 100 g/mol. The lowest BCUT2D eigenvalue weighted by atomic mass is 10.2. The summed E-state index contributed by atoms with van der Waals surface area (Å²) in [4.78, 5) is 0. The van der Waals surface area contributed by atoms with E-state index >= 15 is 0 Å². The van der Waals surface area contributed by atoms with Gasteiger partial charge in [-0.2, -0.15) is 0 Å². The van der Waals surface area contributed by atoms with Crippen LogP contribution in [0, 0.1) is 5.41 Å². The van der Waals surface area contributed by atoms with Gasteiger partial charge in [-0.05, 0) is 26.3 Å². The number of hydrogen-bond acceptors (Lipinski definition) is 2. The maximum atomic E-state index is 6.94. The molecule has 0 unspecified atom stereocenters. The molecule has 0 atom stereocenters. The van der Waals surface area contributed by atoms with E-state index in [9.17, 15) is 0 Å². The highest BCUT2D eigenvalue weighted by molar-refractivity contribution is 5.78. The van der Waals surface area contributed by atoms with E-state index in [0.29, 0.717) is 6.54 Å². The predicted molar refractivity (Wildman–Crippen MR) is 31.7 cm³/mol. The van der Waals surface area contributed by atoms with Crippen molar-refractivity contribution in [3.05, 3.63) is 0 Å². The predicted octanol–water partition coefficient (Wildman–Crippen LogP) is 0.765. The topological polar surface area (TPSA) is 49.9 Å². The largest absolute Gasteiger partial charge is 0.330 e. The van der Waals surface area contributed by atoms with E-state index in [-0.39, 0.29) is 0 Å². The molecule has 0 rings (SSSR count). The van der Waals surface area contributed by atoms with Gasteiger partial charge in [0.25, 0.3) is 0 Å². The van der Waals surface area contributed by atoms with Crippen LogP contribution in [0.25, 0.3) is 0 Å². The summed E-state index contributed by atoms with van der Waals surface area (Å²) in [5.41, 5.74) is 5.91. The molecule has 0 bridgehead atoms. The molecule has 2 nitrogen and oxygen atoms in total. The standard InChI is InChI=1S/C5H12N2/c1-5(7)3-2-4-6/h7H,2-4,6H2,1H3. The second-order valence-electron chi connectivity index (χ2n) is 1.67. The van der Waals surface area contributed by atoms with Gasteiger partial charge in [0.1, 0.15) is 0 Å². The van der Waals surface area contributed by atoms with Crippen LogP contribution in [-0.2, 0) is 0 Å². The molecule has 0 aromatic rings. The quantitative estimate of drug-likeness (QED) is 0.505.